The summed E-state index contributed by atoms with van der Waals surface area (Å²) in [6.45, 7) is 5.72. The number of halogens is 3. The number of carbonyl (C=O) groups excluding carboxylic acids is 3. The van der Waals surface area contributed by atoms with Crippen molar-refractivity contribution in [2.45, 2.75) is 51.7 Å². The topological polar surface area (TPSA) is 81.8 Å². The third kappa shape index (κ3) is 8.05. The van der Waals surface area contributed by atoms with E-state index in [4.69, 9.17) is 0 Å². The SMILES string of the molecule is CCc1cccc(CC)c1NC(=O)CN1CCCN(C(=O)C(Cc2ccccc2)NC(=O)C(F)(F)F)CC1. The number of carbonyl (C=O) groups is 3. The van der Waals surface area contributed by atoms with Crippen LogP contribution >= 0.6 is 0 Å². The molecule has 0 spiro atoms. The summed E-state index contributed by atoms with van der Waals surface area (Å²) in [5.41, 5.74) is 3.62. The third-order valence-electron chi connectivity index (χ3n) is 6.67. The standard InChI is InChI=1S/C28H35F3N4O3/c1-3-21-12-8-13-22(4-2)25(21)33-24(36)19-34-14-9-15-35(17-16-34)26(37)23(32-27(38)28(29,30)31)18-20-10-6-5-7-11-20/h5-8,10-13,23H,3-4,9,14-19H2,1-2H3,(H,32,38)(H,33,36). The molecule has 3 rings (SSSR count). The van der Waals surface area contributed by atoms with E-state index >= 15 is 0 Å². The number of nitrogens with zero attached hydrogens (tertiary/aromatic N) is 2. The summed E-state index contributed by atoms with van der Waals surface area (Å²) in [7, 11) is 0. The molecule has 1 fully saturated rings. The summed E-state index contributed by atoms with van der Waals surface area (Å²) in [5.74, 6) is -2.86. The summed E-state index contributed by atoms with van der Waals surface area (Å²) in [5, 5.41) is 4.93. The molecule has 1 saturated heterocycles. The molecule has 0 saturated carbocycles. The van der Waals surface area contributed by atoms with Gasteiger partial charge in [0.05, 0.1) is 6.54 Å². The van der Waals surface area contributed by atoms with Crippen LogP contribution in [0.25, 0.3) is 0 Å². The summed E-state index contributed by atoms with van der Waals surface area (Å²) < 4.78 is 38.9. The van der Waals surface area contributed by atoms with Crippen LogP contribution in [0.3, 0.4) is 0 Å². The second-order valence-corrected chi connectivity index (χ2v) is 9.38. The highest BCUT2D eigenvalue weighted by Gasteiger charge is 2.41. The molecule has 206 valence electrons. The zero-order valence-electron chi connectivity index (χ0n) is 21.8. The van der Waals surface area contributed by atoms with Gasteiger partial charge in [0, 0.05) is 38.3 Å². The van der Waals surface area contributed by atoms with E-state index in [0.29, 0.717) is 31.6 Å². The number of hydrogen-bond acceptors (Lipinski definition) is 4. The lowest BCUT2D eigenvalue weighted by molar-refractivity contribution is -0.175. The Morgan fingerprint density at radius 1 is 0.895 bits per heavy atom. The molecule has 38 heavy (non-hydrogen) atoms. The molecule has 1 aliphatic heterocycles. The zero-order chi connectivity index (χ0) is 27.7. The quantitative estimate of drug-likeness (QED) is 0.518. The van der Waals surface area contributed by atoms with E-state index in [1.807, 2.05) is 42.3 Å². The minimum atomic E-state index is -5.09. The van der Waals surface area contributed by atoms with E-state index < -0.39 is 24.0 Å². The highest BCUT2D eigenvalue weighted by atomic mass is 19.4. The number of amides is 3. The number of alkyl halides is 3. The van der Waals surface area contributed by atoms with Gasteiger partial charge < -0.3 is 15.5 Å². The summed E-state index contributed by atoms with van der Waals surface area (Å²) in [6, 6.07) is 13.2. The molecule has 1 atom stereocenters. The Balaban J connectivity index is 1.64. The van der Waals surface area contributed by atoms with E-state index in [1.165, 1.54) is 4.90 Å². The van der Waals surface area contributed by atoms with Gasteiger partial charge in [0.2, 0.25) is 11.8 Å². The monoisotopic (exact) mass is 532 g/mol. The highest BCUT2D eigenvalue weighted by molar-refractivity contribution is 5.94. The average Bonchev–Trinajstić information content (AvgIpc) is 3.13. The first kappa shape index (κ1) is 29.2. The van der Waals surface area contributed by atoms with Crippen molar-refractivity contribution in [2.24, 2.45) is 0 Å². The Bertz CT molecular complexity index is 1090. The molecule has 1 unspecified atom stereocenters. The average molecular weight is 533 g/mol. The number of anilines is 1. The molecule has 0 aliphatic carbocycles. The number of rotatable bonds is 9. The van der Waals surface area contributed by atoms with Crippen LogP contribution in [0, 0.1) is 0 Å². The number of aryl methyl sites for hydroxylation is 2. The van der Waals surface area contributed by atoms with Crippen LogP contribution < -0.4 is 10.6 Å². The van der Waals surface area contributed by atoms with Gasteiger partial charge in [-0.2, -0.15) is 13.2 Å². The fourth-order valence-corrected chi connectivity index (χ4v) is 4.64. The van der Waals surface area contributed by atoms with Gasteiger partial charge in [-0.1, -0.05) is 62.4 Å². The number of hydrogen-bond donors (Lipinski definition) is 2. The number of nitrogens with one attached hydrogen (secondary N) is 2. The van der Waals surface area contributed by atoms with Crippen LogP contribution in [0.5, 0.6) is 0 Å². The first-order valence-electron chi connectivity index (χ1n) is 13.0. The lowest BCUT2D eigenvalue weighted by Gasteiger charge is -2.27. The van der Waals surface area contributed by atoms with Crippen LogP contribution in [0.15, 0.2) is 48.5 Å². The van der Waals surface area contributed by atoms with Gasteiger partial charge in [0.15, 0.2) is 0 Å². The minimum absolute atomic E-state index is 0.0548. The zero-order valence-corrected chi connectivity index (χ0v) is 21.8. The van der Waals surface area contributed by atoms with Crippen LogP contribution in [0.2, 0.25) is 0 Å². The molecule has 0 bridgehead atoms. The highest BCUT2D eigenvalue weighted by Crippen LogP contribution is 2.23. The van der Waals surface area contributed by atoms with Gasteiger partial charge in [0.25, 0.3) is 0 Å². The van der Waals surface area contributed by atoms with Crippen molar-refractivity contribution < 1.29 is 27.6 Å². The van der Waals surface area contributed by atoms with Gasteiger partial charge in [-0.05, 0) is 36.0 Å². The van der Waals surface area contributed by atoms with Crippen molar-refractivity contribution in [2.75, 3.05) is 38.0 Å². The summed E-state index contributed by atoms with van der Waals surface area (Å²) >= 11 is 0. The molecule has 10 heteroatoms. The Labute approximate surface area is 221 Å². The van der Waals surface area contributed by atoms with E-state index in [9.17, 15) is 27.6 Å². The van der Waals surface area contributed by atoms with Crippen molar-refractivity contribution in [3.8, 4) is 0 Å². The molecule has 3 amide bonds. The first-order valence-corrected chi connectivity index (χ1v) is 13.0. The molecule has 0 aromatic heterocycles. The van der Waals surface area contributed by atoms with Crippen LogP contribution in [-0.4, -0.2) is 72.5 Å². The molecular formula is C28H35F3N4O3. The van der Waals surface area contributed by atoms with E-state index in [-0.39, 0.29) is 25.4 Å². The maximum atomic E-state index is 13.3. The lowest BCUT2D eigenvalue weighted by Crippen LogP contribution is -2.53. The van der Waals surface area contributed by atoms with Crippen LogP contribution in [0.1, 0.15) is 37.0 Å². The second-order valence-electron chi connectivity index (χ2n) is 9.38. The second kappa shape index (κ2) is 13.4. The number of benzene rings is 2. The molecule has 2 aromatic rings. The van der Waals surface area contributed by atoms with Crippen molar-refractivity contribution in [3.63, 3.8) is 0 Å². The summed E-state index contributed by atoms with van der Waals surface area (Å²) in [6.07, 6.45) is -3.01. The molecule has 1 heterocycles. The third-order valence-corrected chi connectivity index (χ3v) is 6.67. The van der Waals surface area contributed by atoms with Crippen molar-refractivity contribution in [1.82, 2.24) is 15.1 Å². The Morgan fingerprint density at radius 3 is 2.16 bits per heavy atom. The maximum absolute atomic E-state index is 13.3. The van der Waals surface area contributed by atoms with E-state index in [1.54, 1.807) is 30.3 Å². The Hall–Kier alpha value is -3.40. The largest absolute Gasteiger partial charge is 0.471 e. The molecular weight excluding hydrogens is 497 g/mol. The first-order chi connectivity index (χ1) is 18.1. The molecule has 2 N–H and O–H groups in total. The maximum Gasteiger partial charge on any atom is 0.471 e. The smallest absolute Gasteiger partial charge is 0.340 e. The fourth-order valence-electron chi connectivity index (χ4n) is 4.64. The van der Waals surface area contributed by atoms with Gasteiger partial charge in [0.1, 0.15) is 6.04 Å². The molecule has 7 nitrogen and oxygen atoms in total. The van der Waals surface area contributed by atoms with Crippen molar-refractivity contribution >= 4 is 23.4 Å². The minimum Gasteiger partial charge on any atom is -0.340 e. The van der Waals surface area contributed by atoms with Crippen LogP contribution in [0.4, 0.5) is 18.9 Å². The van der Waals surface area contributed by atoms with Crippen LogP contribution in [-0.2, 0) is 33.6 Å². The molecule has 2 aromatic carbocycles. The molecule has 1 aliphatic rings. The van der Waals surface area contributed by atoms with E-state index in [2.05, 4.69) is 5.32 Å². The van der Waals surface area contributed by atoms with Gasteiger partial charge in [-0.25, -0.2) is 0 Å². The number of para-hydroxylation sites is 1. The summed E-state index contributed by atoms with van der Waals surface area (Å²) in [4.78, 5) is 41.2. The normalized spacial score (nSPS) is 15.4. The van der Waals surface area contributed by atoms with Gasteiger partial charge in [-0.15, -0.1) is 0 Å². The van der Waals surface area contributed by atoms with E-state index in [0.717, 1.165) is 29.7 Å². The predicted octanol–water partition coefficient (Wildman–Crippen LogP) is 3.57. The molecule has 0 radical (unpaired) electrons. The van der Waals surface area contributed by atoms with Gasteiger partial charge >= 0.3 is 12.1 Å². The van der Waals surface area contributed by atoms with Gasteiger partial charge in [-0.3, -0.25) is 19.3 Å². The van der Waals surface area contributed by atoms with Crippen molar-refractivity contribution in [3.05, 3.63) is 65.2 Å². The predicted molar refractivity (Wildman–Crippen MR) is 140 cm³/mol. The Kier molecular flexibility index (Phi) is 10.3. The van der Waals surface area contributed by atoms with Crippen molar-refractivity contribution in [1.29, 1.82) is 0 Å². The lowest BCUT2D eigenvalue weighted by atomic mass is 10.0. The Morgan fingerprint density at radius 2 is 1.55 bits per heavy atom. The fraction of sp³-hybridized carbons (Fsp3) is 0.464.